The van der Waals surface area contributed by atoms with Crippen LogP contribution in [0.3, 0.4) is 0 Å². The molecular weight excluding hydrogens is 436 g/mol. The molecule has 1 aliphatic carbocycles. The molecule has 11 heteroatoms. The molecule has 2 aromatic heterocycles. The number of methoxy groups -OCH3 is 1. The summed E-state index contributed by atoms with van der Waals surface area (Å²) in [5.41, 5.74) is 5.84. The molecular formula is C19H18ClF2N5O2S. The van der Waals surface area contributed by atoms with Gasteiger partial charge in [0.05, 0.1) is 34.3 Å². The summed E-state index contributed by atoms with van der Waals surface area (Å²) in [6.07, 6.45) is 0.504. The van der Waals surface area contributed by atoms with Crippen molar-refractivity contribution in [3.05, 3.63) is 46.9 Å². The van der Waals surface area contributed by atoms with Crippen LogP contribution in [-0.4, -0.2) is 39.3 Å². The van der Waals surface area contributed by atoms with Gasteiger partial charge in [-0.05, 0) is 31.5 Å². The molecule has 1 saturated carbocycles. The van der Waals surface area contributed by atoms with Crippen LogP contribution in [0.15, 0.2) is 35.6 Å². The van der Waals surface area contributed by atoms with Crippen LogP contribution in [0.2, 0.25) is 5.02 Å². The fourth-order valence-corrected chi connectivity index (χ4v) is 5.30. The number of hydrogen-bond donors (Lipinski definition) is 2. The molecule has 7 nitrogen and oxygen atoms in total. The first-order chi connectivity index (χ1) is 14.2. The minimum absolute atomic E-state index is 0.0911. The van der Waals surface area contributed by atoms with Crippen molar-refractivity contribution >= 4 is 40.1 Å². The van der Waals surface area contributed by atoms with E-state index in [0.717, 1.165) is 11.8 Å². The summed E-state index contributed by atoms with van der Waals surface area (Å²) in [6, 6.07) is 4.67. The van der Waals surface area contributed by atoms with Crippen LogP contribution in [0.4, 0.5) is 14.5 Å². The zero-order valence-corrected chi connectivity index (χ0v) is 17.6. The summed E-state index contributed by atoms with van der Waals surface area (Å²) < 4.78 is 31.7. The molecule has 2 aromatic rings. The Morgan fingerprint density at radius 2 is 2.17 bits per heavy atom. The van der Waals surface area contributed by atoms with E-state index >= 15 is 0 Å². The van der Waals surface area contributed by atoms with Gasteiger partial charge in [0.15, 0.2) is 5.17 Å². The number of carbonyl (C=O) groups excluding carboxylic acids is 1. The zero-order chi connectivity index (χ0) is 21.7. The van der Waals surface area contributed by atoms with Gasteiger partial charge >= 0.3 is 0 Å². The number of hydrogen-bond acceptors (Lipinski definition) is 7. The molecule has 1 aliphatic heterocycles. The number of thioether (sulfide) groups is 1. The first-order valence-electron chi connectivity index (χ1n) is 8.99. The van der Waals surface area contributed by atoms with Crippen molar-refractivity contribution in [3.8, 4) is 5.88 Å². The molecule has 2 aliphatic rings. The number of alkyl halides is 2. The number of fused-ring (bicyclic) bond motifs is 1. The summed E-state index contributed by atoms with van der Waals surface area (Å²) >= 11 is 6.72. The first-order valence-corrected chi connectivity index (χ1v) is 10.2. The van der Waals surface area contributed by atoms with Crippen molar-refractivity contribution in [2.45, 2.75) is 30.1 Å². The predicted molar refractivity (Wildman–Crippen MR) is 111 cm³/mol. The van der Waals surface area contributed by atoms with Gasteiger partial charge in [-0.1, -0.05) is 23.4 Å². The SMILES string of the molecule is COc1ncc(NC(=O)c2ccc(Cl)cn2)cc1[C@@]1(C)N=C(N)S[C@@]2(C(F)F)CC21. The Kier molecular flexibility index (Phi) is 5.09. The maximum Gasteiger partial charge on any atom is 0.274 e. The highest BCUT2D eigenvalue weighted by molar-refractivity contribution is 8.15. The lowest BCUT2D eigenvalue weighted by molar-refractivity contribution is 0.102. The van der Waals surface area contributed by atoms with Gasteiger partial charge in [-0.25, -0.2) is 18.7 Å². The molecule has 0 aromatic carbocycles. The Morgan fingerprint density at radius 1 is 1.40 bits per heavy atom. The van der Waals surface area contributed by atoms with Gasteiger partial charge in [0.2, 0.25) is 5.88 Å². The summed E-state index contributed by atoms with van der Waals surface area (Å²) in [7, 11) is 1.43. The molecule has 3 atom stereocenters. The Balaban J connectivity index is 1.69. The molecule has 3 heterocycles. The normalized spacial score (nSPS) is 27.3. The molecule has 30 heavy (non-hydrogen) atoms. The number of amides is 1. The molecule has 0 bridgehead atoms. The number of nitrogens with zero attached hydrogens (tertiary/aromatic N) is 3. The van der Waals surface area contributed by atoms with Crippen molar-refractivity contribution in [2.75, 3.05) is 12.4 Å². The number of aliphatic imine (C=N–C) groups is 1. The molecule has 4 rings (SSSR count). The van der Waals surface area contributed by atoms with Crippen molar-refractivity contribution in [2.24, 2.45) is 16.6 Å². The standard InChI is InChI=1S/C19H18ClF2N5O2S/c1-18(13-6-19(13,16(21)22)30-17(23)27-18)11-5-10(8-25-15(11)29-2)26-14(28)12-4-3-9(20)7-24-12/h3-5,7-8,13,16H,6H2,1-2H3,(H2,23,27)(H,26,28)/t13?,18-,19+/m1/s1. The van der Waals surface area contributed by atoms with Crippen LogP contribution in [0.1, 0.15) is 29.4 Å². The van der Waals surface area contributed by atoms with E-state index in [1.54, 1.807) is 19.1 Å². The van der Waals surface area contributed by atoms with Crippen molar-refractivity contribution < 1.29 is 18.3 Å². The molecule has 0 saturated heterocycles. The van der Waals surface area contributed by atoms with E-state index in [9.17, 15) is 13.6 Å². The Bertz CT molecular complexity index is 1040. The molecule has 1 fully saturated rings. The third-order valence-corrected chi connectivity index (χ3v) is 6.98. The summed E-state index contributed by atoms with van der Waals surface area (Å²) in [5, 5.41) is 3.20. The lowest BCUT2D eigenvalue weighted by atomic mass is 9.86. The van der Waals surface area contributed by atoms with E-state index in [4.69, 9.17) is 22.1 Å². The number of halogens is 3. The predicted octanol–water partition coefficient (Wildman–Crippen LogP) is 3.69. The highest BCUT2D eigenvalue weighted by atomic mass is 35.5. The Labute approximate surface area is 180 Å². The average molecular weight is 454 g/mol. The van der Waals surface area contributed by atoms with Crippen LogP contribution >= 0.6 is 23.4 Å². The number of aromatic nitrogens is 2. The molecule has 1 amide bonds. The van der Waals surface area contributed by atoms with E-state index in [1.807, 2.05) is 0 Å². The van der Waals surface area contributed by atoms with E-state index in [2.05, 4.69) is 20.3 Å². The van der Waals surface area contributed by atoms with Crippen LogP contribution in [0, 0.1) is 5.92 Å². The summed E-state index contributed by atoms with van der Waals surface area (Å²) in [4.78, 5) is 25.2. The monoisotopic (exact) mass is 453 g/mol. The fourth-order valence-electron chi connectivity index (χ4n) is 3.86. The lowest BCUT2D eigenvalue weighted by Crippen LogP contribution is -2.38. The van der Waals surface area contributed by atoms with Gasteiger partial charge in [-0.3, -0.25) is 9.79 Å². The third kappa shape index (κ3) is 3.37. The second-order valence-corrected chi connectivity index (χ2v) is 9.13. The van der Waals surface area contributed by atoms with Crippen molar-refractivity contribution in [1.82, 2.24) is 9.97 Å². The third-order valence-electron chi connectivity index (χ3n) is 5.45. The van der Waals surface area contributed by atoms with Crippen molar-refractivity contribution in [3.63, 3.8) is 0 Å². The Morgan fingerprint density at radius 3 is 2.80 bits per heavy atom. The number of anilines is 1. The van der Waals surface area contributed by atoms with Crippen LogP contribution in [0.25, 0.3) is 0 Å². The smallest absolute Gasteiger partial charge is 0.274 e. The van der Waals surface area contributed by atoms with Crippen LogP contribution < -0.4 is 15.8 Å². The van der Waals surface area contributed by atoms with Crippen LogP contribution in [-0.2, 0) is 5.54 Å². The fraction of sp³-hybridized carbons (Fsp3) is 0.368. The number of pyridine rings is 2. The maximum atomic E-state index is 13.8. The second kappa shape index (κ2) is 7.35. The molecule has 158 valence electrons. The highest BCUT2D eigenvalue weighted by Crippen LogP contribution is 2.68. The maximum absolute atomic E-state index is 13.8. The topological polar surface area (TPSA) is 102 Å². The van der Waals surface area contributed by atoms with E-state index in [-0.39, 0.29) is 23.2 Å². The number of nitrogens with two attached hydrogens (primary N) is 1. The summed E-state index contributed by atoms with van der Waals surface area (Å²) in [6.45, 7) is 1.74. The largest absolute Gasteiger partial charge is 0.481 e. The minimum Gasteiger partial charge on any atom is -0.481 e. The quantitative estimate of drug-likeness (QED) is 0.715. The van der Waals surface area contributed by atoms with Gasteiger partial charge in [0.25, 0.3) is 12.3 Å². The number of amidine groups is 1. The average Bonchev–Trinajstić information content (AvgIpc) is 3.45. The van der Waals surface area contributed by atoms with Crippen LogP contribution in [0.5, 0.6) is 5.88 Å². The van der Waals surface area contributed by atoms with Gasteiger partial charge in [-0.15, -0.1) is 0 Å². The lowest BCUT2D eigenvalue weighted by Gasteiger charge is -2.34. The molecule has 3 N–H and O–H groups in total. The number of nitrogens with one attached hydrogen (secondary N) is 1. The molecule has 1 unspecified atom stereocenters. The summed E-state index contributed by atoms with van der Waals surface area (Å²) in [5.74, 6) is -0.675. The second-order valence-electron chi connectivity index (χ2n) is 7.31. The Hall–Kier alpha value is -2.46. The molecule has 0 radical (unpaired) electrons. The number of ether oxygens (including phenoxy) is 1. The van der Waals surface area contributed by atoms with Crippen molar-refractivity contribution in [1.29, 1.82) is 0 Å². The van der Waals surface area contributed by atoms with E-state index in [0.29, 0.717) is 16.3 Å². The minimum atomic E-state index is -2.54. The van der Waals surface area contributed by atoms with Gasteiger partial charge in [0.1, 0.15) is 5.69 Å². The van der Waals surface area contributed by atoms with E-state index in [1.165, 1.54) is 25.6 Å². The molecule has 0 spiro atoms. The van der Waals surface area contributed by atoms with Gasteiger partial charge in [-0.2, -0.15) is 0 Å². The highest BCUT2D eigenvalue weighted by Gasteiger charge is 2.71. The first kappa shape index (κ1) is 20.8. The zero-order valence-electron chi connectivity index (χ0n) is 16.0. The number of carbonyl (C=O) groups is 1. The number of rotatable bonds is 5. The van der Waals surface area contributed by atoms with Gasteiger partial charge in [0, 0.05) is 17.7 Å². The van der Waals surface area contributed by atoms with Gasteiger partial charge < -0.3 is 15.8 Å². The van der Waals surface area contributed by atoms with E-state index < -0.39 is 28.5 Å².